The molecule has 4 aliphatic heterocycles. The fraction of sp³-hybridized carbons (Fsp3) is 0.735. The zero-order valence-electron chi connectivity index (χ0n) is 61.1. The van der Waals surface area contributed by atoms with Crippen molar-refractivity contribution in [1.29, 1.82) is 0 Å². The molecular formula is C68H100IN5O28. The van der Waals surface area contributed by atoms with Gasteiger partial charge in [0.1, 0.15) is 65.0 Å². The van der Waals surface area contributed by atoms with Gasteiger partial charge in [-0.25, -0.2) is 19.2 Å². The summed E-state index contributed by atoms with van der Waals surface area (Å²) in [6, 6.07) is 1.28. The Labute approximate surface area is 606 Å². The Hall–Kier alpha value is -7.09. The Morgan fingerprint density at radius 3 is 1.45 bits per heavy atom. The highest BCUT2D eigenvalue weighted by molar-refractivity contribution is 14.1. The standard InChI is InChI=1S/C68H100IN5O28/c1-20-41-51(90-33(5)77)53(91-34(6)78)47(73-64(87)102-68(17,18)19)59(93-41)97-52-42(21-2)94-60(55(52)92-35(7)79)98-54-49(89-32(4)76)36(29-40(80)43(88-31(3)75)26-27-70-61(84)99-65(8,9)10)28-39(71-62(85)100-66(11,12)13)50(54)96-58-46(72-63(86)101-67(14,15)16)48(81)45(69)44(95-58)30-74-56(82)37-24-22-23-25-38(37)57(74)83/h22-25,36,39,41-55,58-60,81H,20-21,26-30H2,1-19H3,(H,70,84)(H,71,85)(H,72,86)(H,73,87)/t36-,39-,41-,42+,43-,44+,45+,46+,47+,48-,49-,50+,51+,52+,53+,54+,55+,58+,59+,60-/m0/s1. The number of alkyl halides is 1. The molecule has 1 aliphatic carbocycles. The van der Waals surface area contributed by atoms with E-state index in [1.54, 1.807) is 109 Å². The number of carbonyl (C=O) groups is 12. The lowest BCUT2D eigenvalue weighted by Gasteiger charge is -2.50. The van der Waals surface area contributed by atoms with Crippen LogP contribution in [0.2, 0.25) is 0 Å². The van der Waals surface area contributed by atoms with E-state index in [1.807, 2.05) is 22.6 Å². The third-order valence-electron chi connectivity index (χ3n) is 16.0. The van der Waals surface area contributed by atoms with Gasteiger partial charge < -0.3 is 97.4 Å². The van der Waals surface area contributed by atoms with Crippen LogP contribution in [-0.2, 0) is 99.8 Å². The zero-order valence-corrected chi connectivity index (χ0v) is 63.3. The summed E-state index contributed by atoms with van der Waals surface area (Å²) in [7, 11) is 0. The van der Waals surface area contributed by atoms with E-state index < -0.39 is 234 Å². The number of esters is 5. The van der Waals surface area contributed by atoms with Gasteiger partial charge in [0.25, 0.3) is 11.8 Å². The topological polar surface area (TPSA) is 415 Å². The van der Waals surface area contributed by atoms with Gasteiger partial charge in [0.2, 0.25) is 0 Å². The first kappa shape index (κ1) is 83.9. The van der Waals surface area contributed by atoms with E-state index in [0.29, 0.717) is 0 Å². The maximum Gasteiger partial charge on any atom is 0.408 e. The second kappa shape index (κ2) is 35.1. The number of amides is 6. The molecule has 33 nitrogen and oxygen atoms in total. The minimum absolute atomic E-state index is 0.00412. The summed E-state index contributed by atoms with van der Waals surface area (Å²) >= 11 is 1.84. The molecular weight excluding hydrogens is 1460 g/mol. The molecule has 3 saturated heterocycles. The molecule has 34 heteroatoms. The van der Waals surface area contributed by atoms with E-state index in [-0.39, 0.29) is 36.9 Å². The number of Topliss-reactive ketones (excluding diaryl/α,β-unsaturated/α-hetero) is 1. The molecule has 4 fully saturated rings. The number of imide groups is 1. The summed E-state index contributed by atoms with van der Waals surface area (Å²) < 4.78 is 91.8. The van der Waals surface area contributed by atoms with Crippen LogP contribution in [0.15, 0.2) is 24.3 Å². The molecule has 0 spiro atoms. The van der Waals surface area contributed by atoms with E-state index in [1.165, 1.54) is 12.1 Å². The molecule has 6 rings (SSSR count). The van der Waals surface area contributed by atoms with Gasteiger partial charge in [-0.1, -0.05) is 48.6 Å². The van der Waals surface area contributed by atoms with E-state index in [0.717, 1.165) is 39.5 Å². The molecule has 1 saturated carbocycles. The fourth-order valence-electron chi connectivity index (χ4n) is 12.3. The zero-order chi connectivity index (χ0) is 76.4. The molecule has 5 N–H and O–H groups in total. The highest BCUT2D eigenvalue weighted by atomic mass is 127. The number of nitrogens with one attached hydrogen (secondary N) is 4. The summed E-state index contributed by atoms with van der Waals surface area (Å²) in [5, 5.41) is 23.2. The summed E-state index contributed by atoms with van der Waals surface area (Å²) in [5.74, 6) is -8.08. The van der Waals surface area contributed by atoms with Gasteiger partial charge in [0, 0.05) is 59.9 Å². The SMILES string of the molecule is CC[C@@H]1O[C@H](O[C@H]2[C@@H](OC(C)=O)[C@H](O[C@@H]3[C@@H](OC(C)=O)[C@H](CC(=O)[C@H](CCNC(=O)OC(C)(C)C)OC(C)=O)C[C@H](NC(=O)OC(C)(C)C)[C@H]3O[C@H]3O[C@H](CN4C(=O)c5ccccc5C4=O)[C@@H](I)[C@H](O)[C@H]3NC(=O)OC(C)(C)C)O[C@@H]2CC)[C@H](NC(=O)OC(C)(C)C)[C@@H](OC(C)=O)[C@@H]1OC(C)=O. The van der Waals surface area contributed by atoms with Crippen LogP contribution >= 0.6 is 22.6 Å². The van der Waals surface area contributed by atoms with Gasteiger partial charge >= 0.3 is 54.2 Å². The number of ketones is 1. The quantitative estimate of drug-likeness (QED) is 0.0267. The molecule has 5 aliphatic rings. The summed E-state index contributed by atoms with van der Waals surface area (Å²) in [6.07, 6.45) is -29.9. The van der Waals surface area contributed by atoms with Crippen molar-refractivity contribution >= 4 is 94.4 Å². The van der Waals surface area contributed by atoms with Gasteiger partial charge in [-0.2, -0.15) is 0 Å². The monoisotopic (exact) mass is 1560 g/mol. The number of rotatable bonds is 24. The summed E-state index contributed by atoms with van der Waals surface area (Å²) in [6.45, 7) is 27.0. The van der Waals surface area contributed by atoms with Gasteiger partial charge in [0.05, 0.1) is 46.0 Å². The highest BCUT2D eigenvalue weighted by Gasteiger charge is 2.60. The maximum absolute atomic E-state index is 15.0. The first-order chi connectivity index (χ1) is 47.3. The van der Waals surface area contributed by atoms with E-state index in [9.17, 15) is 57.8 Å². The van der Waals surface area contributed by atoms with Crippen LogP contribution in [0.1, 0.15) is 184 Å². The van der Waals surface area contributed by atoms with Crippen molar-refractivity contribution in [3.63, 3.8) is 0 Å². The van der Waals surface area contributed by atoms with Crippen LogP contribution in [0.3, 0.4) is 0 Å². The van der Waals surface area contributed by atoms with Crippen molar-refractivity contribution < 1.29 is 134 Å². The predicted octanol–water partition coefficient (Wildman–Crippen LogP) is 5.83. The normalized spacial score (nSPS) is 29.9. The Bertz CT molecular complexity index is 3160. The lowest BCUT2D eigenvalue weighted by Crippen LogP contribution is -2.68. The number of carbonyl (C=O) groups excluding carboxylic acids is 12. The molecule has 0 radical (unpaired) electrons. The highest BCUT2D eigenvalue weighted by Crippen LogP contribution is 2.43. The van der Waals surface area contributed by atoms with Crippen molar-refractivity contribution in [2.75, 3.05) is 13.1 Å². The van der Waals surface area contributed by atoms with Crippen molar-refractivity contribution in [1.82, 2.24) is 26.2 Å². The average molecular weight is 1560 g/mol. The lowest BCUT2D eigenvalue weighted by molar-refractivity contribution is -0.302. The number of fused-ring (bicyclic) bond motifs is 1. The van der Waals surface area contributed by atoms with Crippen LogP contribution < -0.4 is 21.3 Å². The van der Waals surface area contributed by atoms with Crippen molar-refractivity contribution in [3.8, 4) is 0 Å². The molecule has 0 aromatic heterocycles. The molecule has 6 amide bonds. The Balaban J connectivity index is 1.57. The molecule has 1 aromatic rings. The number of hydrogen-bond acceptors (Lipinski definition) is 28. The molecule has 0 unspecified atom stereocenters. The number of nitrogens with zero attached hydrogens (tertiary/aromatic N) is 1. The second-order valence-electron chi connectivity index (χ2n) is 29.3. The smallest absolute Gasteiger partial charge is 0.408 e. The van der Waals surface area contributed by atoms with Gasteiger partial charge in [-0.15, -0.1) is 0 Å². The van der Waals surface area contributed by atoms with Gasteiger partial charge in [-0.05, 0) is 114 Å². The fourth-order valence-corrected chi connectivity index (χ4v) is 13.1. The molecule has 4 heterocycles. The lowest BCUT2D eigenvalue weighted by atomic mass is 9.76. The van der Waals surface area contributed by atoms with Crippen molar-refractivity contribution in [2.45, 2.75) is 300 Å². The summed E-state index contributed by atoms with van der Waals surface area (Å²) in [5.41, 5.74) is -4.18. The first-order valence-electron chi connectivity index (χ1n) is 33.8. The van der Waals surface area contributed by atoms with Crippen LogP contribution in [-0.4, -0.2) is 231 Å². The van der Waals surface area contributed by atoms with E-state index >= 15 is 4.79 Å². The number of aliphatic hydroxyl groups excluding tert-OH is 1. The molecule has 1 aromatic carbocycles. The number of hydrogen-bond donors (Lipinski definition) is 5. The number of aliphatic hydroxyl groups is 1. The van der Waals surface area contributed by atoms with Crippen molar-refractivity contribution in [2.24, 2.45) is 5.92 Å². The van der Waals surface area contributed by atoms with Gasteiger partial charge in [0.15, 0.2) is 49.1 Å². The average Bonchev–Trinajstić information content (AvgIpc) is 1.29. The van der Waals surface area contributed by atoms with Crippen LogP contribution in [0.25, 0.3) is 0 Å². The largest absolute Gasteiger partial charge is 0.459 e. The van der Waals surface area contributed by atoms with E-state index in [4.69, 9.17) is 71.1 Å². The number of halogens is 1. The maximum atomic E-state index is 15.0. The minimum Gasteiger partial charge on any atom is -0.459 e. The minimum atomic E-state index is -1.96. The number of ether oxygens (including phenoxy) is 15. The molecule has 0 bridgehead atoms. The van der Waals surface area contributed by atoms with Gasteiger partial charge in [-0.3, -0.25) is 43.3 Å². The third-order valence-corrected chi connectivity index (χ3v) is 17.6. The van der Waals surface area contributed by atoms with E-state index in [2.05, 4.69) is 21.3 Å². The number of benzene rings is 1. The van der Waals surface area contributed by atoms with Crippen LogP contribution in [0.4, 0.5) is 19.2 Å². The third kappa shape index (κ3) is 23.7. The second-order valence-corrected chi connectivity index (χ2v) is 30.8. The molecule has 20 atom stereocenters. The number of alkyl carbamates (subject to hydrolysis) is 4. The molecule has 572 valence electrons. The van der Waals surface area contributed by atoms with Crippen molar-refractivity contribution in [3.05, 3.63) is 35.4 Å². The van der Waals surface area contributed by atoms with Crippen LogP contribution in [0, 0.1) is 5.92 Å². The Kier molecular flexibility index (Phi) is 28.9. The molecule has 102 heavy (non-hydrogen) atoms. The predicted molar refractivity (Wildman–Crippen MR) is 361 cm³/mol. The summed E-state index contributed by atoms with van der Waals surface area (Å²) in [4.78, 5) is 165. The Morgan fingerprint density at radius 2 is 0.951 bits per heavy atom. The Morgan fingerprint density at radius 1 is 0.529 bits per heavy atom. The van der Waals surface area contributed by atoms with Crippen LogP contribution in [0.5, 0.6) is 0 Å². The first-order valence-corrected chi connectivity index (χ1v) is 35.1.